The summed E-state index contributed by atoms with van der Waals surface area (Å²) in [7, 11) is 3.23. The lowest BCUT2D eigenvalue weighted by Gasteiger charge is -2.22. The summed E-state index contributed by atoms with van der Waals surface area (Å²) in [6, 6.07) is 7.19. The molecular formula is C16H22N2O3. The molecule has 0 atom stereocenters. The van der Waals surface area contributed by atoms with E-state index in [1.807, 2.05) is 12.1 Å². The molecule has 1 aromatic carbocycles. The standard InChI is InChI=1S/C16H22N2O3/c1-20-12-10-18(11-13-21-2)16(19)15-7-5-14(6-8-15)4-3-9-17/h5-8H,9-13,17H2,1-2H3. The van der Waals surface area contributed by atoms with Crippen molar-refractivity contribution >= 4 is 5.91 Å². The van der Waals surface area contributed by atoms with Gasteiger partial charge in [0, 0.05) is 38.4 Å². The van der Waals surface area contributed by atoms with Gasteiger partial charge in [0.15, 0.2) is 0 Å². The van der Waals surface area contributed by atoms with Crippen molar-refractivity contribution in [3.05, 3.63) is 35.4 Å². The van der Waals surface area contributed by atoms with Gasteiger partial charge in [0.2, 0.25) is 0 Å². The Morgan fingerprint density at radius 3 is 2.19 bits per heavy atom. The van der Waals surface area contributed by atoms with E-state index in [0.29, 0.717) is 38.4 Å². The van der Waals surface area contributed by atoms with E-state index in [0.717, 1.165) is 5.56 Å². The monoisotopic (exact) mass is 290 g/mol. The maximum atomic E-state index is 12.4. The van der Waals surface area contributed by atoms with Gasteiger partial charge in [-0.05, 0) is 24.3 Å². The third kappa shape index (κ3) is 5.96. The van der Waals surface area contributed by atoms with Crippen molar-refractivity contribution in [1.82, 2.24) is 4.90 Å². The molecule has 0 aliphatic heterocycles. The van der Waals surface area contributed by atoms with Crippen LogP contribution in [0, 0.1) is 11.8 Å². The van der Waals surface area contributed by atoms with Crippen LogP contribution < -0.4 is 5.73 Å². The first-order chi connectivity index (χ1) is 10.2. The normalized spacial score (nSPS) is 9.86. The summed E-state index contributed by atoms with van der Waals surface area (Å²) in [4.78, 5) is 14.2. The number of hydrogen-bond donors (Lipinski definition) is 1. The van der Waals surface area contributed by atoms with Crippen molar-refractivity contribution in [2.24, 2.45) is 5.73 Å². The van der Waals surface area contributed by atoms with E-state index in [4.69, 9.17) is 15.2 Å². The second-order valence-electron chi connectivity index (χ2n) is 4.36. The van der Waals surface area contributed by atoms with Crippen LogP contribution in [0.5, 0.6) is 0 Å². The van der Waals surface area contributed by atoms with Gasteiger partial charge in [0.25, 0.3) is 5.91 Å². The molecule has 0 fully saturated rings. The minimum atomic E-state index is -0.0394. The average molecular weight is 290 g/mol. The molecule has 0 spiro atoms. The first-order valence-electron chi connectivity index (χ1n) is 6.79. The average Bonchev–Trinajstić information content (AvgIpc) is 2.53. The molecule has 0 saturated heterocycles. The molecule has 0 aliphatic carbocycles. The molecule has 0 radical (unpaired) electrons. The van der Waals surface area contributed by atoms with Crippen molar-refractivity contribution in [2.45, 2.75) is 0 Å². The smallest absolute Gasteiger partial charge is 0.254 e. The zero-order valence-corrected chi connectivity index (χ0v) is 12.6. The van der Waals surface area contributed by atoms with Gasteiger partial charge in [-0.3, -0.25) is 4.79 Å². The highest BCUT2D eigenvalue weighted by Gasteiger charge is 2.15. The SMILES string of the molecule is COCCN(CCOC)C(=O)c1ccc(C#CCN)cc1. The lowest BCUT2D eigenvalue weighted by molar-refractivity contribution is 0.0627. The number of carbonyl (C=O) groups is 1. The summed E-state index contributed by atoms with van der Waals surface area (Å²) >= 11 is 0. The van der Waals surface area contributed by atoms with Gasteiger partial charge in [0.1, 0.15) is 0 Å². The molecule has 2 N–H and O–H groups in total. The molecule has 21 heavy (non-hydrogen) atoms. The maximum Gasteiger partial charge on any atom is 0.254 e. The highest BCUT2D eigenvalue weighted by Crippen LogP contribution is 2.07. The van der Waals surface area contributed by atoms with Crippen LogP contribution in [0.2, 0.25) is 0 Å². The lowest BCUT2D eigenvalue weighted by atomic mass is 10.1. The van der Waals surface area contributed by atoms with Crippen LogP contribution in [-0.2, 0) is 9.47 Å². The van der Waals surface area contributed by atoms with E-state index in [1.54, 1.807) is 31.3 Å². The van der Waals surface area contributed by atoms with Crippen LogP contribution >= 0.6 is 0 Å². The lowest BCUT2D eigenvalue weighted by Crippen LogP contribution is -2.36. The van der Waals surface area contributed by atoms with Crippen LogP contribution in [0.15, 0.2) is 24.3 Å². The molecule has 1 amide bonds. The predicted molar refractivity (Wildman–Crippen MR) is 82.0 cm³/mol. The summed E-state index contributed by atoms with van der Waals surface area (Å²) in [5.74, 6) is 5.67. The van der Waals surface area contributed by atoms with Crippen LogP contribution in [-0.4, -0.2) is 57.9 Å². The summed E-state index contributed by atoms with van der Waals surface area (Å²) < 4.78 is 10.1. The minimum Gasteiger partial charge on any atom is -0.383 e. The number of nitrogens with zero attached hydrogens (tertiary/aromatic N) is 1. The van der Waals surface area contributed by atoms with Crippen molar-refractivity contribution < 1.29 is 14.3 Å². The topological polar surface area (TPSA) is 64.8 Å². The Morgan fingerprint density at radius 2 is 1.71 bits per heavy atom. The fourth-order valence-electron chi connectivity index (χ4n) is 1.75. The van der Waals surface area contributed by atoms with E-state index in [-0.39, 0.29) is 5.91 Å². The van der Waals surface area contributed by atoms with E-state index in [9.17, 15) is 4.79 Å². The van der Waals surface area contributed by atoms with Gasteiger partial charge in [-0.1, -0.05) is 11.8 Å². The van der Waals surface area contributed by atoms with Crippen molar-refractivity contribution in [3.8, 4) is 11.8 Å². The Balaban J connectivity index is 2.77. The number of methoxy groups -OCH3 is 2. The fourth-order valence-corrected chi connectivity index (χ4v) is 1.75. The fraction of sp³-hybridized carbons (Fsp3) is 0.438. The number of rotatable bonds is 7. The van der Waals surface area contributed by atoms with Crippen molar-refractivity contribution in [1.29, 1.82) is 0 Å². The molecule has 0 saturated carbocycles. The molecule has 5 heteroatoms. The van der Waals surface area contributed by atoms with Gasteiger partial charge in [-0.15, -0.1) is 0 Å². The van der Waals surface area contributed by atoms with Crippen LogP contribution in [0.1, 0.15) is 15.9 Å². The Morgan fingerprint density at radius 1 is 1.14 bits per heavy atom. The molecule has 0 unspecified atom stereocenters. The predicted octanol–water partition coefficient (Wildman–Crippen LogP) is 0.732. The minimum absolute atomic E-state index is 0.0394. The van der Waals surface area contributed by atoms with Crippen molar-refractivity contribution in [3.63, 3.8) is 0 Å². The largest absolute Gasteiger partial charge is 0.383 e. The second kappa shape index (κ2) is 9.94. The summed E-state index contributed by atoms with van der Waals surface area (Å²) in [6.45, 7) is 2.38. The zero-order chi connectivity index (χ0) is 15.5. The summed E-state index contributed by atoms with van der Waals surface area (Å²) in [6.07, 6.45) is 0. The molecule has 1 rings (SSSR count). The third-order valence-corrected chi connectivity index (χ3v) is 2.88. The highest BCUT2D eigenvalue weighted by molar-refractivity contribution is 5.94. The Hall–Kier alpha value is -1.87. The number of nitrogens with two attached hydrogens (primary N) is 1. The molecule has 0 aliphatic rings. The molecule has 0 bridgehead atoms. The number of benzene rings is 1. The van der Waals surface area contributed by atoms with Gasteiger partial charge in [-0.25, -0.2) is 0 Å². The van der Waals surface area contributed by atoms with Gasteiger partial charge in [0.05, 0.1) is 19.8 Å². The number of amides is 1. The maximum absolute atomic E-state index is 12.4. The van der Waals surface area contributed by atoms with Gasteiger partial charge in [-0.2, -0.15) is 0 Å². The Kier molecular flexibility index (Phi) is 8.14. The van der Waals surface area contributed by atoms with E-state index >= 15 is 0 Å². The molecule has 114 valence electrons. The Bertz CT molecular complexity index is 480. The van der Waals surface area contributed by atoms with E-state index in [1.165, 1.54) is 0 Å². The van der Waals surface area contributed by atoms with Crippen molar-refractivity contribution in [2.75, 3.05) is 47.1 Å². The number of ether oxygens (including phenoxy) is 2. The first-order valence-corrected chi connectivity index (χ1v) is 6.79. The second-order valence-corrected chi connectivity index (χ2v) is 4.36. The Labute approximate surface area is 126 Å². The van der Waals surface area contributed by atoms with Crippen LogP contribution in [0.4, 0.5) is 0 Å². The molecule has 1 aromatic rings. The summed E-state index contributed by atoms with van der Waals surface area (Å²) in [5.41, 5.74) is 6.80. The third-order valence-electron chi connectivity index (χ3n) is 2.88. The molecule has 0 aromatic heterocycles. The number of carbonyl (C=O) groups excluding carboxylic acids is 1. The molecular weight excluding hydrogens is 268 g/mol. The van der Waals surface area contributed by atoms with E-state index < -0.39 is 0 Å². The first kappa shape index (κ1) is 17.2. The molecule has 5 nitrogen and oxygen atoms in total. The van der Waals surface area contributed by atoms with Crippen LogP contribution in [0.3, 0.4) is 0 Å². The number of hydrogen-bond acceptors (Lipinski definition) is 4. The van der Waals surface area contributed by atoms with Gasteiger partial charge >= 0.3 is 0 Å². The summed E-state index contributed by atoms with van der Waals surface area (Å²) in [5, 5.41) is 0. The highest BCUT2D eigenvalue weighted by atomic mass is 16.5. The molecule has 0 heterocycles. The quantitative estimate of drug-likeness (QED) is 0.752. The van der Waals surface area contributed by atoms with Gasteiger partial charge < -0.3 is 20.1 Å². The van der Waals surface area contributed by atoms with E-state index in [2.05, 4.69) is 11.8 Å². The zero-order valence-electron chi connectivity index (χ0n) is 12.6. The van der Waals surface area contributed by atoms with Crippen LogP contribution in [0.25, 0.3) is 0 Å².